The summed E-state index contributed by atoms with van der Waals surface area (Å²) in [7, 11) is 0. The molecule has 0 amide bonds. The molecule has 0 radical (unpaired) electrons. The quantitative estimate of drug-likeness (QED) is 0.162. The van der Waals surface area contributed by atoms with Gasteiger partial charge in [0.1, 0.15) is 11.2 Å². The highest BCUT2D eigenvalue weighted by molar-refractivity contribution is 6.06. The number of rotatable bonds is 7. The fourth-order valence-corrected chi connectivity index (χ4v) is 12.3. The lowest BCUT2D eigenvalue weighted by Gasteiger charge is -2.40. The van der Waals surface area contributed by atoms with Crippen LogP contribution in [0.25, 0.3) is 21.9 Å². The number of hydrogen-bond donors (Lipinski definition) is 0. The summed E-state index contributed by atoms with van der Waals surface area (Å²) in [5, 5.41) is 2.34. The van der Waals surface area contributed by atoms with E-state index in [1.54, 1.807) is 11.1 Å². The van der Waals surface area contributed by atoms with Crippen molar-refractivity contribution in [3.63, 3.8) is 0 Å². The van der Waals surface area contributed by atoms with E-state index in [1.807, 2.05) is 0 Å². The number of anilines is 6. The first-order valence-corrected chi connectivity index (χ1v) is 21.7. The minimum absolute atomic E-state index is 0.110. The molecule has 3 unspecified atom stereocenters. The van der Waals surface area contributed by atoms with Crippen LogP contribution in [0.2, 0.25) is 0 Å². The Balaban J connectivity index is 1.12. The van der Waals surface area contributed by atoms with Gasteiger partial charge in [-0.25, -0.2) is 0 Å². The van der Waals surface area contributed by atoms with Gasteiger partial charge in [-0.05, 0) is 145 Å². The number of para-hydroxylation sites is 4. The highest BCUT2D eigenvalue weighted by Crippen LogP contribution is 2.69. The molecule has 3 atom stereocenters. The van der Waals surface area contributed by atoms with Crippen molar-refractivity contribution in [2.24, 2.45) is 11.8 Å². The van der Waals surface area contributed by atoms with Crippen LogP contribution in [0.1, 0.15) is 78.7 Å². The molecule has 3 heteroatoms. The second-order valence-electron chi connectivity index (χ2n) is 17.4. The molecular weight excluding hydrogens is 705 g/mol. The van der Waals surface area contributed by atoms with Crippen molar-refractivity contribution in [2.75, 3.05) is 9.80 Å². The van der Waals surface area contributed by atoms with E-state index in [1.165, 1.54) is 107 Å². The fraction of sp³-hybridized carbons (Fsp3) is 0.236. The third-order valence-corrected chi connectivity index (χ3v) is 14.5. The molecule has 284 valence electrons. The molecule has 2 fully saturated rings. The van der Waals surface area contributed by atoms with Crippen molar-refractivity contribution < 1.29 is 4.42 Å². The number of fused-ring (bicyclic) bond motifs is 5. The molecule has 0 bridgehead atoms. The molecule has 1 spiro atoms. The maximum absolute atomic E-state index is 6.63. The summed E-state index contributed by atoms with van der Waals surface area (Å²) in [5.41, 5.74) is 16.9. The maximum Gasteiger partial charge on any atom is 0.137 e. The van der Waals surface area contributed by atoms with Crippen molar-refractivity contribution in [3.05, 3.63) is 192 Å². The molecule has 0 aliphatic heterocycles. The largest absolute Gasteiger partial charge is 0.456 e. The van der Waals surface area contributed by atoms with Gasteiger partial charge in [0, 0.05) is 45.0 Å². The molecule has 1 aromatic heterocycles. The van der Waals surface area contributed by atoms with Crippen molar-refractivity contribution in [1.82, 2.24) is 0 Å². The van der Waals surface area contributed by atoms with Crippen LogP contribution in [0.3, 0.4) is 0 Å². The molecule has 0 N–H and O–H groups in total. The lowest BCUT2D eigenvalue weighted by molar-refractivity contribution is 0.350. The molecule has 58 heavy (non-hydrogen) atoms. The maximum atomic E-state index is 6.63. The van der Waals surface area contributed by atoms with E-state index in [0.29, 0.717) is 17.8 Å². The van der Waals surface area contributed by atoms with Crippen LogP contribution < -0.4 is 9.80 Å². The van der Waals surface area contributed by atoms with Gasteiger partial charge in [-0.1, -0.05) is 116 Å². The number of furan rings is 1. The Bertz CT molecular complexity index is 2770. The van der Waals surface area contributed by atoms with Crippen LogP contribution in [0, 0.1) is 11.8 Å². The molecule has 4 aliphatic rings. The summed E-state index contributed by atoms with van der Waals surface area (Å²) in [4.78, 5) is 5.20. The third kappa shape index (κ3) is 5.05. The van der Waals surface area contributed by atoms with Gasteiger partial charge in [-0.2, -0.15) is 0 Å². The number of benzene rings is 7. The Labute approximate surface area is 341 Å². The number of hydrogen-bond acceptors (Lipinski definition) is 3. The summed E-state index contributed by atoms with van der Waals surface area (Å²) in [6.07, 6.45) is 11.2. The first kappa shape index (κ1) is 34.0. The highest BCUT2D eigenvalue weighted by Gasteiger charge is 2.62. The Morgan fingerprint density at radius 2 is 1.00 bits per heavy atom. The fourth-order valence-electron chi connectivity index (χ4n) is 12.3. The Hall–Kier alpha value is -6.06. The van der Waals surface area contributed by atoms with Crippen LogP contribution >= 0.6 is 0 Å². The molecule has 4 aliphatic carbocycles. The zero-order valence-corrected chi connectivity index (χ0v) is 33.0. The SMILES string of the molecule is c1ccc(N(c2ccccc2)c2cccc3c2C24c5c(cccc5N(c5ccc6c(c5)oc5ccccc56)c5ccccc5C5CCCCC5)CC2CCC4C3)cc1. The van der Waals surface area contributed by atoms with E-state index in [9.17, 15) is 0 Å². The average Bonchev–Trinajstić information content (AvgIpc) is 4.02. The first-order valence-electron chi connectivity index (χ1n) is 21.7. The van der Waals surface area contributed by atoms with Crippen molar-refractivity contribution in [2.45, 2.75) is 69.1 Å². The third-order valence-electron chi connectivity index (χ3n) is 14.5. The van der Waals surface area contributed by atoms with Gasteiger partial charge in [-0.3, -0.25) is 0 Å². The van der Waals surface area contributed by atoms with Gasteiger partial charge in [-0.15, -0.1) is 0 Å². The van der Waals surface area contributed by atoms with Crippen LogP contribution in [-0.4, -0.2) is 0 Å². The van der Waals surface area contributed by atoms with Gasteiger partial charge >= 0.3 is 0 Å². The second-order valence-corrected chi connectivity index (χ2v) is 17.4. The van der Waals surface area contributed by atoms with Gasteiger partial charge < -0.3 is 14.2 Å². The summed E-state index contributed by atoms with van der Waals surface area (Å²) in [5.74, 6) is 1.63. The zero-order chi connectivity index (χ0) is 38.2. The van der Waals surface area contributed by atoms with Gasteiger partial charge in [0.2, 0.25) is 0 Å². The normalized spacial score (nSPS) is 20.8. The van der Waals surface area contributed by atoms with Crippen LogP contribution in [0.5, 0.6) is 0 Å². The first-order chi connectivity index (χ1) is 28.8. The molecule has 8 aromatic rings. The van der Waals surface area contributed by atoms with E-state index in [0.717, 1.165) is 24.0 Å². The Morgan fingerprint density at radius 1 is 0.431 bits per heavy atom. The van der Waals surface area contributed by atoms with Crippen molar-refractivity contribution in [1.29, 1.82) is 0 Å². The predicted molar refractivity (Wildman–Crippen MR) is 240 cm³/mol. The topological polar surface area (TPSA) is 19.6 Å². The predicted octanol–water partition coefficient (Wildman–Crippen LogP) is 15.0. The monoisotopic (exact) mass is 752 g/mol. The molecule has 12 rings (SSSR count). The van der Waals surface area contributed by atoms with Crippen LogP contribution in [0.4, 0.5) is 34.1 Å². The van der Waals surface area contributed by atoms with Crippen LogP contribution in [0.15, 0.2) is 168 Å². The minimum Gasteiger partial charge on any atom is -0.456 e. The smallest absolute Gasteiger partial charge is 0.137 e. The number of nitrogens with zero attached hydrogens (tertiary/aromatic N) is 2. The standard InChI is InChI=1S/C55H48N2O/c1-4-16-37(17-5-1)45-24-10-12-26-48(45)57(44-32-33-47-46-25-11-13-29-51(46)58-52(47)36-44)50-28-15-19-39-35-41-31-30-40-34-38-18-14-27-49(53(38)55(40,41)54(39)50)56(42-20-6-2-7-21-42)43-22-8-3-9-23-43/h2-3,6-15,18-29,32-33,36-37,40-41H,1,4-5,16-17,30-31,34-35H2. The van der Waals surface area contributed by atoms with Crippen LogP contribution in [-0.2, 0) is 18.3 Å². The second kappa shape index (κ2) is 13.5. The molecule has 7 aromatic carbocycles. The molecule has 1 heterocycles. The lowest BCUT2D eigenvalue weighted by Crippen LogP contribution is -2.34. The zero-order valence-electron chi connectivity index (χ0n) is 33.0. The van der Waals surface area contributed by atoms with E-state index in [2.05, 4.69) is 174 Å². The lowest BCUT2D eigenvalue weighted by atomic mass is 9.68. The Kier molecular flexibility index (Phi) is 7.93. The van der Waals surface area contributed by atoms with Crippen molar-refractivity contribution in [3.8, 4) is 0 Å². The summed E-state index contributed by atoms with van der Waals surface area (Å²) < 4.78 is 6.63. The van der Waals surface area contributed by atoms with E-state index >= 15 is 0 Å². The molecule has 0 saturated heterocycles. The van der Waals surface area contributed by atoms with E-state index in [4.69, 9.17) is 4.42 Å². The van der Waals surface area contributed by atoms with Gasteiger partial charge in [0.25, 0.3) is 0 Å². The Morgan fingerprint density at radius 3 is 1.69 bits per heavy atom. The summed E-state index contributed by atoms with van der Waals surface area (Å²) >= 11 is 0. The average molecular weight is 753 g/mol. The molecule has 2 saturated carbocycles. The minimum atomic E-state index is -0.110. The van der Waals surface area contributed by atoms with Gasteiger partial charge in [0.15, 0.2) is 0 Å². The summed E-state index contributed by atoms with van der Waals surface area (Å²) in [6, 6.07) is 61.3. The van der Waals surface area contributed by atoms with Crippen molar-refractivity contribution >= 4 is 56.1 Å². The highest BCUT2D eigenvalue weighted by atomic mass is 16.3. The molecule has 3 nitrogen and oxygen atoms in total. The molecular formula is C55H48N2O. The summed E-state index contributed by atoms with van der Waals surface area (Å²) in [6.45, 7) is 0. The van der Waals surface area contributed by atoms with E-state index < -0.39 is 0 Å². The van der Waals surface area contributed by atoms with Gasteiger partial charge in [0.05, 0.1) is 11.4 Å². The van der Waals surface area contributed by atoms with E-state index in [-0.39, 0.29) is 5.41 Å².